The standard InChI is InChI=1S/C18H23NO3/c1-3-4-10-19-14(2)11-17(21)18(16(19)12-20)22-13-15-8-6-5-7-9-15/h5-9,11,20H,3-4,10,12-13H2,1-2H3. The van der Waals surface area contributed by atoms with Crippen LogP contribution in [0, 0.1) is 6.92 Å². The van der Waals surface area contributed by atoms with Crippen molar-refractivity contribution in [3.05, 3.63) is 63.6 Å². The number of unbranched alkanes of at least 4 members (excludes halogenated alkanes) is 1. The molecule has 4 heteroatoms. The third-order valence-electron chi connectivity index (χ3n) is 3.69. The van der Waals surface area contributed by atoms with Gasteiger partial charge in [-0.05, 0) is 18.9 Å². The van der Waals surface area contributed by atoms with Crippen LogP contribution in [0.4, 0.5) is 0 Å². The van der Waals surface area contributed by atoms with E-state index in [-0.39, 0.29) is 17.8 Å². The molecule has 1 N–H and O–H groups in total. The Morgan fingerprint density at radius 2 is 1.95 bits per heavy atom. The van der Waals surface area contributed by atoms with Crippen LogP contribution in [0.25, 0.3) is 0 Å². The molecule has 0 saturated carbocycles. The van der Waals surface area contributed by atoms with Crippen LogP contribution in [0.2, 0.25) is 0 Å². The van der Waals surface area contributed by atoms with Gasteiger partial charge in [0.05, 0.1) is 12.3 Å². The normalized spacial score (nSPS) is 10.7. The zero-order valence-electron chi connectivity index (χ0n) is 13.2. The van der Waals surface area contributed by atoms with Crippen LogP contribution in [0.3, 0.4) is 0 Å². The molecule has 0 unspecified atom stereocenters. The summed E-state index contributed by atoms with van der Waals surface area (Å²) in [5.74, 6) is 0.257. The van der Waals surface area contributed by atoms with Gasteiger partial charge in [0, 0.05) is 18.3 Å². The zero-order valence-corrected chi connectivity index (χ0v) is 13.2. The second kappa shape index (κ2) is 7.80. The van der Waals surface area contributed by atoms with Crippen molar-refractivity contribution in [2.45, 2.75) is 46.4 Å². The van der Waals surface area contributed by atoms with Crippen molar-refractivity contribution in [2.24, 2.45) is 0 Å². The highest BCUT2D eigenvalue weighted by Crippen LogP contribution is 2.18. The highest BCUT2D eigenvalue weighted by Gasteiger charge is 2.14. The van der Waals surface area contributed by atoms with Gasteiger partial charge in [-0.15, -0.1) is 0 Å². The molecule has 0 spiro atoms. The quantitative estimate of drug-likeness (QED) is 0.855. The average molecular weight is 301 g/mol. The SMILES string of the molecule is CCCCn1c(C)cc(=O)c(OCc2ccccc2)c1CO. The van der Waals surface area contributed by atoms with Crippen LogP contribution < -0.4 is 10.2 Å². The van der Waals surface area contributed by atoms with Crippen molar-refractivity contribution in [2.75, 3.05) is 0 Å². The summed E-state index contributed by atoms with van der Waals surface area (Å²) in [6, 6.07) is 11.3. The Morgan fingerprint density at radius 3 is 2.59 bits per heavy atom. The lowest BCUT2D eigenvalue weighted by Crippen LogP contribution is -2.20. The summed E-state index contributed by atoms with van der Waals surface area (Å²) in [5.41, 5.74) is 2.24. The largest absolute Gasteiger partial charge is 0.483 e. The molecule has 0 aliphatic rings. The average Bonchev–Trinajstić information content (AvgIpc) is 2.53. The molecule has 22 heavy (non-hydrogen) atoms. The van der Waals surface area contributed by atoms with Crippen molar-refractivity contribution < 1.29 is 9.84 Å². The fourth-order valence-corrected chi connectivity index (χ4v) is 2.48. The summed E-state index contributed by atoms with van der Waals surface area (Å²) in [6.45, 7) is 4.89. The van der Waals surface area contributed by atoms with Gasteiger partial charge in [-0.2, -0.15) is 0 Å². The van der Waals surface area contributed by atoms with E-state index in [9.17, 15) is 9.90 Å². The smallest absolute Gasteiger partial charge is 0.224 e. The minimum atomic E-state index is -0.204. The lowest BCUT2D eigenvalue weighted by Gasteiger charge is -2.19. The maximum Gasteiger partial charge on any atom is 0.224 e. The first-order chi connectivity index (χ1) is 10.7. The number of aliphatic hydroxyl groups is 1. The van der Waals surface area contributed by atoms with Gasteiger partial charge < -0.3 is 14.4 Å². The van der Waals surface area contributed by atoms with Crippen molar-refractivity contribution in [3.8, 4) is 5.75 Å². The summed E-state index contributed by atoms with van der Waals surface area (Å²) >= 11 is 0. The third-order valence-corrected chi connectivity index (χ3v) is 3.69. The molecule has 118 valence electrons. The van der Waals surface area contributed by atoms with Crippen molar-refractivity contribution in [1.82, 2.24) is 4.57 Å². The van der Waals surface area contributed by atoms with Crippen LogP contribution >= 0.6 is 0 Å². The van der Waals surface area contributed by atoms with Gasteiger partial charge in [-0.25, -0.2) is 0 Å². The van der Waals surface area contributed by atoms with Crippen LogP contribution in [0.1, 0.15) is 36.7 Å². The summed E-state index contributed by atoms with van der Waals surface area (Å²) in [4.78, 5) is 12.2. The van der Waals surface area contributed by atoms with Gasteiger partial charge in [0.1, 0.15) is 6.61 Å². The molecule has 2 rings (SSSR count). The number of rotatable bonds is 7. The van der Waals surface area contributed by atoms with Gasteiger partial charge in [-0.1, -0.05) is 43.7 Å². The maximum atomic E-state index is 12.2. The second-order valence-electron chi connectivity index (χ2n) is 5.36. The molecule has 0 fully saturated rings. The minimum absolute atomic E-state index is 0.176. The van der Waals surface area contributed by atoms with Gasteiger partial charge >= 0.3 is 0 Å². The fraction of sp³-hybridized carbons (Fsp3) is 0.389. The van der Waals surface area contributed by atoms with E-state index < -0.39 is 0 Å². The van der Waals surface area contributed by atoms with E-state index >= 15 is 0 Å². The Hall–Kier alpha value is -2.07. The van der Waals surface area contributed by atoms with Crippen molar-refractivity contribution in [1.29, 1.82) is 0 Å². The second-order valence-corrected chi connectivity index (χ2v) is 5.36. The molecule has 1 aromatic carbocycles. The van der Waals surface area contributed by atoms with E-state index in [1.54, 1.807) is 6.07 Å². The molecule has 0 aliphatic carbocycles. The molecule has 0 saturated heterocycles. The van der Waals surface area contributed by atoms with Gasteiger partial charge in [-0.3, -0.25) is 4.79 Å². The first kappa shape index (κ1) is 16.3. The number of hydrogen-bond donors (Lipinski definition) is 1. The Bertz CT molecular complexity index is 662. The fourth-order valence-electron chi connectivity index (χ4n) is 2.48. The van der Waals surface area contributed by atoms with E-state index in [1.165, 1.54) is 0 Å². The Balaban J connectivity index is 2.31. The number of pyridine rings is 1. The molecular formula is C18H23NO3. The molecule has 0 amide bonds. The van der Waals surface area contributed by atoms with Crippen molar-refractivity contribution >= 4 is 0 Å². The van der Waals surface area contributed by atoms with Crippen LogP contribution in [0.5, 0.6) is 5.75 Å². The Morgan fingerprint density at radius 1 is 1.23 bits per heavy atom. The van der Waals surface area contributed by atoms with Crippen LogP contribution in [0.15, 0.2) is 41.2 Å². The number of hydrogen-bond acceptors (Lipinski definition) is 3. The highest BCUT2D eigenvalue weighted by molar-refractivity contribution is 5.31. The summed E-state index contributed by atoms with van der Waals surface area (Å²) in [5, 5.41) is 9.70. The third kappa shape index (κ3) is 3.77. The van der Waals surface area contributed by atoms with E-state index in [0.717, 1.165) is 30.6 Å². The molecule has 4 nitrogen and oxygen atoms in total. The number of aryl methyl sites for hydroxylation is 1. The molecule has 2 aromatic rings. The molecular weight excluding hydrogens is 278 g/mol. The Labute approximate surface area is 131 Å². The maximum absolute atomic E-state index is 12.2. The lowest BCUT2D eigenvalue weighted by atomic mass is 10.2. The topological polar surface area (TPSA) is 51.5 Å². The molecule has 1 aromatic heterocycles. The molecule has 0 bridgehead atoms. The summed E-state index contributed by atoms with van der Waals surface area (Å²) in [6.07, 6.45) is 2.05. The van der Waals surface area contributed by atoms with E-state index in [2.05, 4.69) is 6.92 Å². The summed E-state index contributed by atoms with van der Waals surface area (Å²) in [7, 11) is 0. The highest BCUT2D eigenvalue weighted by atomic mass is 16.5. The van der Waals surface area contributed by atoms with E-state index in [4.69, 9.17) is 4.74 Å². The van der Waals surface area contributed by atoms with Gasteiger partial charge in [0.25, 0.3) is 0 Å². The predicted octanol–water partition coefficient (Wildman–Crippen LogP) is 3.03. The first-order valence-electron chi connectivity index (χ1n) is 7.68. The zero-order chi connectivity index (χ0) is 15.9. The number of ether oxygens (including phenoxy) is 1. The van der Waals surface area contributed by atoms with E-state index in [0.29, 0.717) is 12.3 Å². The Kier molecular flexibility index (Phi) is 5.78. The number of benzene rings is 1. The number of aliphatic hydroxyl groups excluding tert-OH is 1. The predicted molar refractivity (Wildman–Crippen MR) is 87.0 cm³/mol. The number of nitrogens with zero attached hydrogens (tertiary/aromatic N) is 1. The summed E-state index contributed by atoms with van der Waals surface area (Å²) < 4.78 is 7.70. The number of aromatic nitrogens is 1. The van der Waals surface area contributed by atoms with E-state index in [1.807, 2.05) is 41.8 Å². The minimum Gasteiger partial charge on any atom is -0.483 e. The monoisotopic (exact) mass is 301 g/mol. The van der Waals surface area contributed by atoms with Crippen molar-refractivity contribution in [3.63, 3.8) is 0 Å². The lowest BCUT2D eigenvalue weighted by molar-refractivity contribution is 0.243. The van der Waals surface area contributed by atoms with Crippen LogP contribution in [-0.4, -0.2) is 9.67 Å². The molecule has 0 radical (unpaired) electrons. The van der Waals surface area contributed by atoms with Gasteiger partial charge in [0.15, 0.2) is 5.75 Å². The first-order valence-corrected chi connectivity index (χ1v) is 7.68. The van der Waals surface area contributed by atoms with Gasteiger partial charge in [0.2, 0.25) is 5.43 Å². The van der Waals surface area contributed by atoms with Crippen LogP contribution in [-0.2, 0) is 19.8 Å². The molecule has 1 heterocycles. The molecule has 0 atom stereocenters. The molecule has 0 aliphatic heterocycles.